The van der Waals surface area contributed by atoms with Gasteiger partial charge < -0.3 is 4.74 Å². The van der Waals surface area contributed by atoms with Gasteiger partial charge in [0.05, 0.1) is 4.88 Å². The van der Waals surface area contributed by atoms with Crippen LogP contribution in [0, 0.1) is 5.95 Å². The van der Waals surface area contributed by atoms with E-state index < -0.39 is 5.95 Å². The highest BCUT2D eigenvalue weighted by Gasteiger charge is 2.15. The lowest BCUT2D eigenvalue weighted by molar-refractivity contribution is -0.134. The van der Waals surface area contributed by atoms with Crippen LogP contribution in [0.2, 0.25) is 0 Å². The Bertz CT molecular complexity index is 1030. The Morgan fingerprint density at radius 2 is 1.40 bits per heavy atom. The number of thiazole rings is 1. The first-order valence-electron chi connectivity index (χ1n) is 13.2. The van der Waals surface area contributed by atoms with Gasteiger partial charge in [0.2, 0.25) is 5.95 Å². The monoisotopic (exact) mass is 495 g/mol. The predicted molar refractivity (Wildman–Crippen MR) is 144 cm³/mol. The molecule has 0 aliphatic heterocycles. The van der Waals surface area contributed by atoms with E-state index in [2.05, 4.69) is 31.0 Å². The third-order valence-electron chi connectivity index (χ3n) is 6.19. The third kappa shape index (κ3) is 8.88. The second kappa shape index (κ2) is 14.8. The summed E-state index contributed by atoms with van der Waals surface area (Å²) in [5.41, 5.74) is 2.97. The Hall–Kier alpha value is -2.53. The van der Waals surface area contributed by atoms with Gasteiger partial charge in [0, 0.05) is 12.0 Å². The molecule has 188 valence electrons. The molecule has 0 N–H and O–H groups in total. The number of carbonyl (C=O) groups is 1. The number of nitrogens with zero attached hydrogens (tertiary/aromatic N) is 1. The second-order valence-electron chi connectivity index (χ2n) is 9.16. The average Bonchev–Trinajstić information content (AvgIpc) is 3.26. The van der Waals surface area contributed by atoms with E-state index in [1.807, 2.05) is 12.1 Å². The van der Waals surface area contributed by atoms with Crippen molar-refractivity contribution in [3.8, 4) is 26.8 Å². The molecule has 0 amide bonds. The van der Waals surface area contributed by atoms with E-state index in [-0.39, 0.29) is 5.97 Å². The molecular formula is C30H38FNO2S. The summed E-state index contributed by atoms with van der Waals surface area (Å²) in [6.07, 6.45) is 13.3. The molecule has 0 fully saturated rings. The highest BCUT2D eigenvalue weighted by molar-refractivity contribution is 7.18. The van der Waals surface area contributed by atoms with Crippen molar-refractivity contribution in [2.45, 2.75) is 90.9 Å². The van der Waals surface area contributed by atoms with Crippen LogP contribution in [0.4, 0.5) is 4.39 Å². The maximum atomic E-state index is 14.7. The summed E-state index contributed by atoms with van der Waals surface area (Å²) in [6.45, 7) is 4.41. The Balaban J connectivity index is 1.53. The van der Waals surface area contributed by atoms with Crippen molar-refractivity contribution in [1.29, 1.82) is 0 Å². The first-order chi connectivity index (χ1) is 17.1. The predicted octanol–water partition coefficient (Wildman–Crippen LogP) is 9.39. The van der Waals surface area contributed by atoms with E-state index in [1.165, 1.54) is 68.3 Å². The maximum Gasteiger partial charge on any atom is 0.311 e. The number of unbranched alkanes of at least 4 members (excludes halogenated alkanes) is 8. The molecule has 3 aromatic rings. The van der Waals surface area contributed by atoms with Crippen molar-refractivity contribution < 1.29 is 13.9 Å². The number of rotatable bonds is 15. The zero-order valence-corrected chi connectivity index (χ0v) is 22.0. The quantitative estimate of drug-likeness (QED) is 0.120. The number of esters is 1. The van der Waals surface area contributed by atoms with Gasteiger partial charge in [0.25, 0.3) is 0 Å². The van der Waals surface area contributed by atoms with Gasteiger partial charge in [0.1, 0.15) is 10.8 Å². The van der Waals surface area contributed by atoms with Crippen molar-refractivity contribution >= 4 is 17.3 Å². The zero-order chi connectivity index (χ0) is 24.9. The van der Waals surface area contributed by atoms with Crippen LogP contribution < -0.4 is 4.74 Å². The molecule has 5 heteroatoms. The van der Waals surface area contributed by atoms with Gasteiger partial charge in [-0.3, -0.25) is 4.79 Å². The molecule has 2 aromatic carbocycles. The van der Waals surface area contributed by atoms with Crippen LogP contribution in [0.1, 0.15) is 90.0 Å². The van der Waals surface area contributed by atoms with Gasteiger partial charge >= 0.3 is 5.97 Å². The molecule has 3 nitrogen and oxygen atoms in total. The normalized spacial score (nSPS) is 11.1. The van der Waals surface area contributed by atoms with Gasteiger partial charge in [-0.25, -0.2) is 4.98 Å². The SMILES string of the molecule is CCCCCCCCC(=O)Oc1ccc(-c2sc(-c3ccc(CCCCCC)cc3)nc2F)cc1. The van der Waals surface area contributed by atoms with Crippen molar-refractivity contribution in [3.05, 3.63) is 60.0 Å². The van der Waals surface area contributed by atoms with Gasteiger partial charge in [-0.05, 0) is 54.7 Å². The minimum atomic E-state index is -0.471. The minimum Gasteiger partial charge on any atom is -0.427 e. The molecule has 1 heterocycles. The molecule has 0 aliphatic rings. The van der Waals surface area contributed by atoms with Crippen LogP contribution in [0.5, 0.6) is 5.75 Å². The largest absolute Gasteiger partial charge is 0.427 e. The van der Waals surface area contributed by atoms with Gasteiger partial charge in [-0.15, -0.1) is 11.3 Å². The van der Waals surface area contributed by atoms with Crippen LogP contribution in [0.3, 0.4) is 0 Å². The number of ether oxygens (including phenoxy) is 1. The topological polar surface area (TPSA) is 39.2 Å². The molecule has 0 aliphatic carbocycles. The number of aryl methyl sites for hydroxylation is 1. The summed E-state index contributed by atoms with van der Waals surface area (Å²) < 4.78 is 20.1. The van der Waals surface area contributed by atoms with Crippen LogP contribution in [-0.4, -0.2) is 11.0 Å². The minimum absolute atomic E-state index is 0.215. The highest BCUT2D eigenvalue weighted by atomic mass is 32.1. The summed E-state index contributed by atoms with van der Waals surface area (Å²) in [4.78, 5) is 16.8. The third-order valence-corrected chi connectivity index (χ3v) is 7.32. The van der Waals surface area contributed by atoms with Gasteiger partial charge in [-0.2, -0.15) is 4.39 Å². The molecule has 3 rings (SSSR count). The highest BCUT2D eigenvalue weighted by Crippen LogP contribution is 2.35. The van der Waals surface area contributed by atoms with E-state index >= 15 is 0 Å². The van der Waals surface area contributed by atoms with Crippen LogP contribution in [0.15, 0.2) is 48.5 Å². The molecule has 0 saturated carbocycles. The van der Waals surface area contributed by atoms with Crippen molar-refractivity contribution in [2.24, 2.45) is 0 Å². The fourth-order valence-corrected chi connectivity index (χ4v) is 5.04. The van der Waals surface area contributed by atoms with Crippen molar-refractivity contribution in [3.63, 3.8) is 0 Å². The van der Waals surface area contributed by atoms with Crippen LogP contribution in [0.25, 0.3) is 21.0 Å². The molecule has 0 bridgehead atoms. The Morgan fingerprint density at radius 1 is 0.800 bits per heavy atom. The summed E-state index contributed by atoms with van der Waals surface area (Å²) in [7, 11) is 0. The second-order valence-corrected chi connectivity index (χ2v) is 10.2. The van der Waals surface area contributed by atoms with E-state index in [1.54, 1.807) is 24.3 Å². The van der Waals surface area contributed by atoms with E-state index in [4.69, 9.17) is 4.74 Å². The lowest BCUT2D eigenvalue weighted by Crippen LogP contribution is -2.07. The van der Waals surface area contributed by atoms with E-state index in [0.29, 0.717) is 22.1 Å². The Kier molecular flexibility index (Phi) is 11.4. The number of carbonyl (C=O) groups excluding carboxylic acids is 1. The summed E-state index contributed by atoms with van der Waals surface area (Å²) in [5, 5.41) is 0.671. The Labute approximate surface area is 213 Å². The van der Waals surface area contributed by atoms with E-state index in [9.17, 15) is 9.18 Å². The fraction of sp³-hybridized carbons (Fsp3) is 0.467. The van der Waals surface area contributed by atoms with Gasteiger partial charge in [-0.1, -0.05) is 89.5 Å². The fourth-order valence-electron chi connectivity index (χ4n) is 4.08. The molecule has 0 radical (unpaired) electrons. The molecule has 35 heavy (non-hydrogen) atoms. The molecule has 0 saturated heterocycles. The number of hydrogen-bond acceptors (Lipinski definition) is 4. The lowest BCUT2D eigenvalue weighted by Gasteiger charge is -2.05. The molecule has 1 aromatic heterocycles. The maximum absolute atomic E-state index is 14.7. The van der Waals surface area contributed by atoms with Crippen molar-refractivity contribution in [2.75, 3.05) is 0 Å². The molecule has 0 spiro atoms. The summed E-state index contributed by atoms with van der Waals surface area (Å²) in [6, 6.07) is 15.3. The molecule has 0 atom stereocenters. The Morgan fingerprint density at radius 3 is 2.09 bits per heavy atom. The van der Waals surface area contributed by atoms with Crippen LogP contribution >= 0.6 is 11.3 Å². The summed E-state index contributed by atoms with van der Waals surface area (Å²) >= 11 is 1.34. The number of hydrogen-bond donors (Lipinski definition) is 0. The molecular weight excluding hydrogens is 457 g/mol. The van der Waals surface area contributed by atoms with E-state index in [0.717, 1.165) is 30.4 Å². The average molecular weight is 496 g/mol. The van der Waals surface area contributed by atoms with Crippen molar-refractivity contribution in [1.82, 2.24) is 4.98 Å². The number of aromatic nitrogens is 1. The summed E-state index contributed by atoms with van der Waals surface area (Å²) in [5.74, 6) is -0.195. The lowest BCUT2D eigenvalue weighted by atomic mass is 10.0. The first kappa shape index (κ1) is 27.1. The smallest absolute Gasteiger partial charge is 0.311 e. The number of benzene rings is 2. The zero-order valence-electron chi connectivity index (χ0n) is 21.2. The first-order valence-corrected chi connectivity index (χ1v) is 14.0. The van der Waals surface area contributed by atoms with Gasteiger partial charge in [0.15, 0.2) is 0 Å². The molecule has 0 unspecified atom stereocenters. The standard InChI is InChI=1S/C30H38FNO2S/c1-3-5-7-9-10-12-14-27(33)34-26-21-19-24(20-22-26)28-29(31)32-30(35-28)25-17-15-23(16-18-25)13-11-8-6-4-2/h15-22H,3-14H2,1-2H3. The number of halogens is 1. The van der Waals surface area contributed by atoms with Crippen LogP contribution in [-0.2, 0) is 11.2 Å².